The van der Waals surface area contributed by atoms with E-state index in [4.69, 9.17) is 14.2 Å². The van der Waals surface area contributed by atoms with Crippen molar-refractivity contribution in [1.82, 2.24) is 0 Å². The minimum Gasteiger partial charge on any atom is -0.458 e. The first-order valence-electron chi connectivity index (χ1n) is 14.9. The van der Waals surface area contributed by atoms with E-state index in [0.29, 0.717) is 19.3 Å². The number of carbonyl (C=O) groups excluding carboxylic acids is 1. The predicted octanol–water partition coefficient (Wildman–Crippen LogP) is -1.51. The summed E-state index contributed by atoms with van der Waals surface area (Å²) in [5.74, 6) is -1.93. The van der Waals surface area contributed by atoms with Crippen molar-refractivity contribution >= 4 is 5.97 Å². The quantitative estimate of drug-likeness (QED) is 0.140. The van der Waals surface area contributed by atoms with Gasteiger partial charge in [-0.05, 0) is 56.4 Å². The summed E-state index contributed by atoms with van der Waals surface area (Å²) in [6, 6.07) is 0. The maximum absolute atomic E-state index is 12.4. The third-order valence-electron chi connectivity index (χ3n) is 12.2. The molecule has 232 valence electrons. The first-order valence-corrected chi connectivity index (χ1v) is 14.9. The van der Waals surface area contributed by atoms with E-state index in [9.17, 15) is 45.6 Å². The number of cyclic esters (lactones) is 1. The van der Waals surface area contributed by atoms with Crippen LogP contribution >= 0.6 is 0 Å². The van der Waals surface area contributed by atoms with Crippen molar-refractivity contribution in [2.24, 2.45) is 28.6 Å². The molecule has 0 bridgehead atoms. The molecule has 0 unspecified atom stereocenters. The molecule has 12 heteroatoms. The monoisotopic (exact) mass is 584 g/mol. The molecule has 1 saturated heterocycles. The zero-order valence-electron chi connectivity index (χ0n) is 23.5. The van der Waals surface area contributed by atoms with Crippen LogP contribution in [-0.2, 0) is 19.0 Å². The minimum atomic E-state index is -1.67. The fourth-order valence-electron chi connectivity index (χ4n) is 10.1. The van der Waals surface area contributed by atoms with E-state index >= 15 is 0 Å². The van der Waals surface area contributed by atoms with Crippen LogP contribution in [-0.4, -0.2) is 120 Å². The van der Waals surface area contributed by atoms with Gasteiger partial charge >= 0.3 is 5.97 Å². The van der Waals surface area contributed by atoms with Crippen molar-refractivity contribution in [2.75, 3.05) is 13.2 Å². The zero-order chi connectivity index (χ0) is 29.7. The summed E-state index contributed by atoms with van der Waals surface area (Å²) in [6.07, 6.45) is -6.68. The molecular weight excluding hydrogens is 540 g/mol. The number of hydrogen-bond acceptors (Lipinski definition) is 12. The van der Waals surface area contributed by atoms with Crippen LogP contribution in [0.1, 0.15) is 58.8 Å². The average Bonchev–Trinajstić information content (AvgIpc) is 3.45. The second-order valence-electron chi connectivity index (χ2n) is 13.8. The highest BCUT2D eigenvalue weighted by Gasteiger charge is 2.75. The predicted molar refractivity (Wildman–Crippen MR) is 139 cm³/mol. The lowest BCUT2D eigenvalue weighted by Gasteiger charge is -2.68. The standard InChI is InChI=1S/C29H44O12/c1-13-22(34)23(35)24(36)25(40-13)41-15-8-19(32)28(12-30)21-17(3-5-27(28,37)9-15)29(38)6-4-16(14-7-20(33)39-11-14)26(29,2)10-18(21)31/h7,13,15-19,21-25,30-32,34-38H,3-6,8-12H2,1-2H3/t13-,15+,16+,17+,18+,19+,21+,22-,23-,24-,25+,26-,27-,28-,29+/m1/s1. The van der Waals surface area contributed by atoms with E-state index in [2.05, 4.69) is 0 Å². The summed E-state index contributed by atoms with van der Waals surface area (Å²) in [6.45, 7) is 3.00. The van der Waals surface area contributed by atoms with Gasteiger partial charge in [0.15, 0.2) is 6.29 Å². The normalized spacial score (nSPS) is 56.9. The number of aliphatic hydroxyl groups is 8. The van der Waals surface area contributed by atoms with Gasteiger partial charge in [-0.1, -0.05) is 6.92 Å². The van der Waals surface area contributed by atoms with Gasteiger partial charge < -0.3 is 55.1 Å². The maximum atomic E-state index is 12.4. The number of hydrogen-bond donors (Lipinski definition) is 8. The Morgan fingerprint density at radius 2 is 1.76 bits per heavy atom. The molecule has 0 aromatic carbocycles. The van der Waals surface area contributed by atoms with Crippen LogP contribution < -0.4 is 0 Å². The summed E-state index contributed by atoms with van der Waals surface area (Å²) in [5.41, 5.74) is -4.46. The molecule has 0 aromatic heterocycles. The molecule has 6 aliphatic rings. The van der Waals surface area contributed by atoms with Gasteiger partial charge in [-0.15, -0.1) is 0 Å². The SMILES string of the molecule is C[C@H]1O[C@@H](O[C@H]2C[C@H](O)[C@]3(CO)[C@@H]4[C@@H](O)C[C@]5(C)[C@H](C6=CC(=O)OC6)CC[C@]5(O)[C@H]4CC[C@@]3(O)C2)[C@H](O)[C@H](O)[C@@H]1O. The van der Waals surface area contributed by atoms with E-state index in [0.717, 1.165) is 5.57 Å². The van der Waals surface area contributed by atoms with Crippen molar-refractivity contribution in [3.8, 4) is 0 Å². The largest absolute Gasteiger partial charge is 0.458 e. The first-order chi connectivity index (χ1) is 19.2. The average molecular weight is 585 g/mol. The molecule has 2 heterocycles. The lowest BCUT2D eigenvalue weighted by Crippen LogP contribution is -2.76. The van der Waals surface area contributed by atoms with Crippen LogP contribution in [0.25, 0.3) is 0 Å². The number of ether oxygens (including phenoxy) is 3. The molecule has 15 atom stereocenters. The molecular formula is C29H44O12. The molecule has 41 heavy (non-hydrogen) atoms. The summed E-state index contributed by atoms with van der Waals surface area (Å²) < 4.78 is 16.7. The third-order valence-corrected chi connectivity index (χ3v) is 12.2. The van der Waals surface area contributed by atoms with E-state index in [-0.39, 0.29) is 38.2 Å². The highest BCUT2D eigenvalue weighted by Crippen LogP contribution is 2.70. The Labute approximate surface area is 238 Å². The summed E-state index contributed by atoms with van der Waals surface area (Å²) in [7, 11) is 0. The van der Waals surface area contributed by atoms with Crippen molar-refractivity contribution in [2.45, 2.75) is 119 Å². The van der Waals surface area contributed by atoms with Gasteiger partial charge in [0.05, 0.1) is 47.6 Å². The highest BCUT2D eigenvalue weighted by atomic mass is 16.7. The number of aliphatic hydroxyl groups excluding tert-OH is 6. The van der Waals surface area contributed by atoms with Crippen LogP contribution in [0.4, 0.5) is 0 Å². The fourth-order valence-corrected chi connectivity index (χ4v) is 10.1. The van der Waals surface area contributed by atoms with Crippen molar-refractivity contribution in [1.29, 1.82) is 0 Å². The van der Waals surface area contributed by atoms with Gasteiger partial charge in [0, 0.05) is 30.3 Å². The number of rotatable bonds is 4. The van der Waals surface area contributed by atoms with E-state index in [1.54, 1.807) is 0 Å². The summed E-state index contributed by atoms with van der Waals surface area (Å²) in [4.78, 5) is 11.8. The van der Waals surface area contributed by atoms with Gasteiger partial charge in [0.2, 0.25) is 0 Å². The molecule has 5 fully saturated rings. The molecule has 0 aromatic rings. The molecule has 0 radical (unpaired) electrons. The molecule has 0 amide bonds. The number of esters is 1. The zero-order valence-corrected chi connectivity index (χ0v) is 23.5. The van der Waals surface area contributed by atoms with Gasteiger partial charge in [-0.3, -0.25) is 0 Å². The lowest BCUT2D eigenvalue weighted by atomic mass is 9.40. The lowest BCUT2D eigenvalue weighted by molar-refractivity contribution is -0.342. The number of fused-ring (bicyclic) bond motifs is 5. The molecule has 2 aliphatic heterocycles. The summed E-state index contributed by atoms with van der Waals surface area (Å²) in [5, 5.41) is 89.6. The van der Waals surface area contributed by atoms with Gasteiger partial charge in [0.25, 0.3) is 0 Å². The Hall–Kier alpha value is -1.19. The van der Waals surface area contributed by atoms with Crippen molar-refractivity contribution < 1.29 is 59.9 Å². The Morgan fingerprint density at radius 1 is 1.02 bits per heavy atom. The molecule has 12 nitrogen and oxygen atoms in total. The fraction of sp³-hybridized carbons (Fsp3) is 0.897. The van der Waals surface area contributed by atoms with Gasteiger partial charge in [0.1, 0.15) is 24.9 Å². The van der Waals surface area contributed by atoms with Gasteiger partial charge in [-0.25, -0.2) is 4.79 Å². The van der Waals surface area contributed by atoms with Crippen LogP contribution in [0.3, 0.4) is 0 Å². The van der Waals surface area contributed by atoms with Crippen LogP contribution in [0.2, 0.25) is 0 Å². The van der Waals surface area contributed by atoms with E-state index < -0.39 is 95.5 Å². The van der Waals surface area contributed by atoms with Crippen LogP contribution in [0.5, 0.6) is 0 Å². The Balaban J connectivity index is 1.28. The summed E-state index contributed by atoms with van der Waals surface area (Å²) >= 11 is 0. The Bertz CT molecular complexity index is 1080. The molecule has 4 aliphatic carbocycles. The second kappa shape index (κ2) is 9.91. The third kappa shape index (κ3) is 3.99. The minimum absolute atomic E-state index is 0.0369. The van der Waals surface area contributed by atoms with Crippen molar-refractivity contribution in [3.63, 3.8) is 0 Å². The maximum Gasteiger partial charge on any atom is 0.331 e. The smallest absolute Gasteiger partial charge is 0.331 e. The topological polar surface area (TPSA) is 207 Å². The Kier molecular flexibility index (Phi) is 7.22. The Morgan fingerprint density at radius 3 is 2.41 bits per heavy atom. The van der Waals surface area contributed by atoms with Gasteiger partial charge in [-0.2, -0.15) is 0 Å². The molecule has 4 saturated carbocycles. The number of carbonyl (C=O) groups is 1. The van der Waals surface area contributed by atoms with E-state index in [1.807, 2.05) is 6.92 Å². The first kappa shape index (κ1) is 29.9. The molecule has 0 spiro atoms. The molecule has 8 N–H and O–H groups in total. The van der Waals surface area contributed by atoms with Crippen molar-refractivity contribution in [3.05, 3.63) is 11.6 Å². The highest BCUT2D eigenvalue weighted by molar-refractivity contribution is 5.85. The van der Waals surface area contributed by atoms with E-state index in [1.165, 1.54) is 13.0 Å². The second-order valence-corrected chi connectivity index (χ2v) is 13.8. The van der Waals surface area contributed by atoms with Crippen LogP contribution in [0.15, 0.2) is 11.6 Å². The molecule has 6 rings (SSSR count). The van der Waals surface area contributed by atoms with Crippen LogP contribution in [0, 0.1) is 28.6 Å².